The van der Waals surface area contributed by atoms with Gasteiger partial charge in [0.2, 0.25) is 0 Å². The molecule has 0 bridgehead atoms. The van der Waals surface area contributed by atoms with Crippen molar-refractivity contribution in [2.45, 2.75) is 51.8 Å². The molecule has 0 radical (unpaired) electrons. The Bertz CT molecular complexity index is 902. The molecular formula is C22H23F3O4. The van der Waals surface area contributed by atoms with Crippen molar-refractivity contribution in [1.29, 1.82) is 0 Å². The number of carbonyl (C=O) groups is 1. The fourth-order valence-electron chi connectivity index (χ4n) is 3.34. The van der Waals surface area contributed by atoms with Crippen LogP contribution in [0.1, 0.15) is 53.5 Å². The Labute approximate surface area is 167 Å². The highest BCUT2D eigenvalue weighted by Crippen LogP contribution is 2.44. The average Bonchev–Trinajstić information content (AvgIpc) is 3.50. The highest BCUT2D eigenvalue weighted by atomic mass is 19.4. The quantitative estimate of drug-likeness (QED) is 0.423. The van der Waals surface area contributed by atoms with Crippen molar-refractivity contribution >= 4 is 6.16 Å². The van der Waals surface area contributed by atoms with Crippen molar-refractivity contribution in [3.63, 3.8) is 0 Å². The molecule has 0 amide bonds. The van der Waals surface area contributed by atoms with Gasteiger partial charge >= 0.3 is 12.3 Å². The highest BCUT2D eigenvalue weighted by molar-refractivity contribution is 5.65. The van der Waals surface area contributed by atoms with Gasteiger partial charge in [0.1, 0.15) is 18.1 Å². The number of rotatable bonds is 6. The third-order valence-electron chi connectivity index (χ3n) is 5.04. The summed E-state index contributed by atoms with van der Waals surface area (Å²) in [7, 11) is 1.19. The monoisotopic (exact) mass is 408 g/mol. The molecule has 7 heteroatoms. The Morgan fingerprint density at radius 2 is 1.90 bits per heavy atom. The van der Waals surface area contributed by atoms with Crippen LogP contribution in [0.4, 0.5) is 18.0 Å². The van der Waals surface area contributed by atoms with Crippen LogP contribution in [0, 0.1) is 6.92 Å². The average molecular weight is 408 g/mol. The second-order valence-corrected chi connectivity index (χ2v) is 7.07. The van der Waals surface area contributed by atoms with Crippen molar-refractivity contribution in [1.82, 2.24) is 0 Å². The van der Waals surface area contributed by atoms with E-state index < -0.39 is 17.9 Å². The van der Waals surface area contributed by atoms with Crippen molar-refractivity contribution in [2.24, 2.45) is 0 Å². The summed E-state index contributed by atoms with van der Waals surface area (Å²) < 4.78 is 56.1. The zero-order chi connectivity index (χ0) is 21.2. The number of halogens is 3. The number of benzene rings is 2. The largest absolute Gasteiger partial charge is 0.513 e. The molecule has 4 nitrogen and oxygen atoms in total. The smallest absolute Gasteiger partial charge is 0.488 e. The van der Waals surface area contributed by atoms with Crippen molar-refractivity contribution < 1.29 is 32.2 Å². The van der Waals surface area contributed by atoms with E-state index in [2.05, 4.69) is 4.74 Å². The van der Waals surface area contributed by atoms with Gasteiger partial charge in [-0.2, -0.15) is 13.2 Å². The van der Waals surface area contributed by atoms with E-state index >= 15 is 0 Å². The van der Waals surface area contributed by atoms with E-state index in [1.807, 2.05) is 13.0 Å². The van der Waals surface area contributed by atoms with Crippen LogP contribution < -0.4 is 9.47 Å². The van der Waals surface area contributed by atoms with Gasteiger partial charge in [-0.05, 0) is 67.0 Å². The summed E-state index contributed by atoms with van der Waals surface area (Å²) in [6.07, 6.45) is -2.97. The maximum Gasteiger partial charge on any atom is 0.513 e. The lowest BCUT2D eigenvalue weighted by atomic mass is 10.0. The van der Waals surface area contributed by atoms with E-state index in [1.165, 1.54) is 13.2 Å². The first-order valence-electron chi connectivity index (χ1n) is 9.45. The van der Waals surface area contributed by atoms with Gasteiger partial charge in [0, 0.05) is 5.56 Å². The zero-order valence-corrected chi connectivity index (χ0v) is 16.6. The molecular weight excluding hydrogens is 385 g/mol. The Hall–Kier alpha value is -2.70. The van der Waals surface area contributed by atoms with Crippen molar-refractivity contribution in [3.8, 4) is 11.5 Å². The molecule has 1 aliphatic carbocycles. The minimum atomic E-state index is -4.53. The zero-order valence-electron chi connectivity index (χ0n) is 16.6. The number of hydrogen-bond donors (Lipinski definition) is 0. The fraction of sp³-hybridized carbons (Fsp3) is 0.409. The van der Waals surface area contributed by atoms with Gasteiger partial charge in [-0.15, -0.1) is 0 Å². The number of carbonyl (C=O) groups excluding carboxylic acids is 1. The van der Waals surface area contributed by atoms with Gasteiger partial charge in [-0.3, -0.25) is 0 Å². The van der Waals surface area contributed by atoms with E-state index in [0.717, 1.165) is 30.0 Å². The van der Waals surface area contributed by atoms with Crippen molar-refractivity contribution in [2.75, 3.05) is 7.11 Å². The summed E-state index contributed by atoms with van der Waals surface area (Å²) >= 11 is 0. The Kier molecular flexibility index (Phi) is 6.05. The van der Waals surface area contributed by atoms with E-state index in [0.29, 0.717) is 23.5 Å². The summed E-state index contributed by atoms with van der Waals surface area (Å²) in [5, 5.41) is 0. The van der Waals surface area contributed by atoms with Gasteiger partial charge in [0.05, 0.1) is 12.7 Å². The molecule has 156 valence electrons. The first-order chi connectivity index (χ1) is 13.7. The molecule has 2 aromatic rings. The number of aryl methyl sites for hydroxylation is 2. The lowest BCUT2D eigenvalue weighted by Crippen LogP contribution is -2.13. The van der Waals surface area contributed by atoms with Gasteiger partial charge in [-0.1, -0.05) is 19.1 Å². The van der Waals surface area contributed by atoms with Gasteiger partial charge < -0.3 is 14.2 Å². The summed E-state index contributed by atoms with van der Waals surface area (Å²) in [6.45, 7) is 3.42. The normalized spacial score (nSPS) is 13.9. The Balaban J connectivity index is 1.95. The van der Waals surface area contributed by atoms with E-state index in [1.54, 1.807) is 19.1 Å². The molecule has 1 fully saturated rings. The van der Waals surface area contributed by atoms with Crippen molar-refractivity contribution in [3.05, 3.63) is 58.1 Å². The molecule has 2 aromatic carbocycles. The van der Waals surface area contributed by atoms with Gasteiger partial charge in [0.15, 0.2) is 0 Å². The molecule has 0 unspecified atom stereocenters. The SMILES string of the molecule is CCc1cc(C(F)(F)F)c(OCc2c(OC(=O)OC)cccc2C2CC2)cc1C. The third-order valence-corrected chi connectivity index (χ3v) is 5.04. The molecule has 0 saturated heterocycles. The lowest BCUT2D eigenvalue weighted by Gasteiger charge is -2.19. The minimum Gasteiger partial charge on any atom is -0.488 e. The summed E-state index contributed by atoms with van der Waals surface area (Å²) in [6, 6.07) is 7.77. The first-order valence-corrected chi connectivity index (χ1v) is 9.45. The molecule has 0 spiro atoms. The fourth-order valence-corrected chi connectivity index (χ4v) is 3.34. The van der Waals surface area contributed by atoms with Crippen LogP contribution in [-0.4, -0.2) is 13.3 Å². The van der Waals surface area contributed by atoms with Crippen LogP contribution >= 0.6 is 0 Å². The van der Waals surface area contributed by atoms with Gasteiger partial charge in [-0.25, -0.2) is 4.79 Å². The molecule has 29 heavy (non-hydrogen) atoms. The standard InChI is InChI=1S/C22H23F3O4/c1-4-14-11-18(22(23,24)25)20(10-13(14)2)28-12-17-16(15-8-9-15)6-5-7-19(17)29-21(26)27-3/h5-7,10-11,15H,4,8-9,12H2,1-3H3. The van der Waals surface area contributed by atoms with Gasteiger partial charge in [0.25, 0.3) is 0 Å². The first kappa shape index (κ1) is 21.0. The molecule has 1 aliphatic rings. The van der Waals surface area contributed by atoms with Crippen LogP contribution in [-0.2, 0) is 23.9 Å². The summed E-state index contributed by atoms with van der Waals surface area (Å²) in [5.74, 6) is 0.291. The van der Waals surface area contributed by atoms with E-state index in [4.69, 9.17) is 9.47 Å². The van der Waals surface area contributed by atoms with E-state index in [9.17, 15) is 18.0 Å². The predicted molar refractivity (Wildman–Crippen MR) is 101 cm³/mol. The van der Waals surface area contributed by atoms with Crippen LogP contribution in [0.25, 0.3) is 0 Å². The Morgan fingerprint density at radius 1 is 1.17 bits per heavy atom. The number of hydrogen-bond acceptors (Lipinski definition) is 4. The lowest BCUT2D eigenvalue weighted by molar-refractivity contribution is -0.139. The summed E-state index contributed by atoms with van der Waals surface area (Å²) in [5.41, 5.74) is 2.03. The van der Waals surface area contributed by atoms with Crippen LogP contribution in [0.3, 0.4) is 0 Å². The molecule has 3 rings (SSSR count). The number of ether oxygens (including phenoxy) is 3. The second kappa shape index (κ2) is 8.35. The third kappa shape index (κ3) is 4.83. The number of alkyl halides is 3. The maximum atomic E-state index is 13.6. The molecule has 1 saturated carbocycles. The molecule has 0 aromatic heterocycles. The topological polar surface area (TPSA) is 44.8 Å². The predicted octanol–water partition coefficient (Wildman–Crippen LogP) is 6.18. The highest BCUT2D eigenvalue weighted by Gasteiger charge is 2.35. The molecule has 0 atom stereocenters. The van der Waals surface area contributed by atoms with Crippen LogP contribution in [0.15, 0.2) is 30.3 Å². The maximum absolute atomic E-state index is 13.6. The molecule has 0 N–H and O–H groups in total. The molecule has 0 aliphatic heterocycles. The van der Waals surface area contributed by atoms with Crippen LogP contribution in [0.2, 0.25) is 0 Å². The number of methoxy groups -OCH3 is 1. The second-order valence-electron chi connectivity index (χ2n) is 7.07. The summed E-state index contributed by atoms with van der Waals surface area (Å²) in [4.78, 5) is 11.6. The van der Waals surface area contributed by atoms with Crippen LogP contribution in [0.5, 0.6) is 11.5 Å². The Morgan fingerprint density at radius 3 is 2.48 bits per heavy atom. The van der Waals surface area contributed by atoms with E-state index in [-0.39, 0.29) is 18.1 Å². The minimum absolute atomic E-state index is 0.146. The molecule has 0 heterocycles.